The highest BCUT2D eigenvalue weighted by atomic mass is 127. The molecule has 0 saturated heterocycles. The summed E-state index contributed by atoms with van der Waals surface area (Å²) in [5, 5.41) is 3.47. The highest BCUT2D eigenvalue weighted by Crippen LogP contribution is 2.28. The van der Waals surface area contributed by atoms with Gasteiger partial charge in [0.2, 0.25) is 0 Å². The molecule has 1 rings (SSSR count). The predicted molar refractivity (Wildman–Crippen MR) is 84.4 cm³/mol. The van der Waals surface area contributed by atoms with Crippen LogP contribution in [0.5, 0.6) is 0 Å². The van der Waals surface area contributed by atoms with Crippen molar-refractivity contribution in [3.05, 3.63) is 32.9 Å². The molecule has 0 aromatic heterocycles. The Hall–Kier alpha value is -0.0900. The van der Waals surface area contributed by atoms with E-state index in [1.54, 1.807) is 0 Å². The van der Waals surface area contributed by atoms with Crippen molar-refractivity contribution in [1.29, 1.82) is 0 Å². The molecule has 17 heavy (non-hydrogen) atoms. The van der Waals surface area contributed by atoms with Gasteiger partial charge in [-0.2, -0.15) is 0 Å². The first-order chi connectivity index (χ1) is 8.10. The molecule has 0 heterocycles. The lowest BCUT2D eigenvalue weighted by Crippen LogP contribution is -2.20. The highest BCUT2D eigenvalue weighted by Gasteiger charge is 2.16. The number of aryl methyl sites for hydroxylation is 1. The van der Waals surface area contributed by atoms with Crippen LogP contribution in [0.4, 0.5) is 0 Å². The first-order valence-corrected chi connectivity index (χ1v) is 7.60. The first-order valence-electron chi connectivity index (χ1n) is 6.52. The maximum absolute atomic E-state index is 3.47. The van der Waals surface area contributed by atoms with Crippen LogP contribution in [-0.4, -0.2) is 7.05 Å². The van der Waals surface area contributed by atoms with Crippen LogP contribution in [0.15, 0.2) is 18.2 Å². The fourth-order valence-electron chi connectivity index (χ4n) is 2.35. The zero-order valence-electron chi connectivity index (χ0n) is 11.4. The summed E-state index contributed by atoms with van der Waals surface area (Å²) in [4.78, 5) is 0. The summed E-state index contributed by atoms with van der Waals surface area (Å²) in [6.07, 6.45) is 3.83. The summed E-state index contributed by atoms with van der Waals surface area (Å²) < 4.78 is 1.41. The van der Waals surface area contributed by atoms with Gasteiger partial charge in [-0.1, -0.05) is 44.9 Å². The molecule has 2 atom stereocenters. The van der Waals surface area contributed by atoms with E-state index in [0.717, 1.165) is 5.92 Å². The topological polar surface area (TPSA) is 12.0 Å². The normalized spacial score (nSPS) is 14.6. The SMILES string of the molecule is CCCC(C)CC(NC)c1cccc(C)c1I. The molecule has 0 amide bonds. The first kappa shape index (κ1) is 15.0. The number of hydrogen-bond acceptors (Lipinski definition) is 1. The number of rotatable bonds is 6. The molecule has 2 unspecified atom stereocenters. The van der Waals surface area contributed by atoms with E-state index in [2.05, 4.69) is 73.9 Å². The van der Waals surface area contributed by atoms with Gasteiger partial charge in [0.1, 0.15) is 0 Å². The molecule has 1 N–H and O–H groups in total. The van der Waals surface area contributed by atoms with Gasteiger partial charge in [-0.15, -0.1) is 0 Å². The lowest BCUT2D eigenvalue weighted by atomic mass is 9.92. The Morgan fingerprint density at radius 3 is 2.65 bits per heavy atom. The molecule has 0 aliphatic carbocycles. The van der Waals surface area contributed by atoms with Crippen LogP contribution in [0.3, 0.4) is 0 Å². The van der Waals surface area contributed by atoms with Crippen LogP contribution in [0.25, 0.3) is 0 Å². The monoisotopic (exact) mass is 345 g/mol. The van der Waals surface area contributed by atoms with Crippen LogP contribution >= 0.6 is 22.6 Å². The summed E-state index contributed by atoms with van der Waals surface area (Å²) in [7, 11) is 2.07. The van der Waals surface area contributed by atoms with Gasteiger partial charge < -0.3 is 5.32 Å². The van der Waals surface area contributed by atoms with Crippen LogP contribution in [0.2, 0.25) is 0 Å². The number of nitrogens with one attached hydrogen (secondary N) is 1. The van der Waals surface area contributed by atoms with Crippen molar-refractivity contribution in [2.75, 3.05) is 7.05 Å². The largest absolute Gasteiger partial charge is 0.313 e. The quantitative estimate of drug-likeness (QED) is 0.738. The summed E-state index contributed by atoms with van der Waals surface area (Å²) >= 11 is 2.47. The van der Waals surface area contributed by atoms with Crippen molar-refractivity contribution in [2.24, 2.45) is 5.92 Å². The van der Waals surface area contributed by atoms with Crippen molar-refractivity contribution in [1.82, 2.24) is 5.32 Å². The molecular formula is C15H24IN. The Bertz CT molecular complexity index is 349. The second-order valence-corrected chi connectivity index (χ2v) is 6.03. The maximum atomic E-state index is 3.47. The van der Waals surface area contributed by atoms with Gasteiger partial charge in [0, 0.05) is 9.61 Å². The van der Waals surface area contributed by atoms with E-state index in [0.29, 0.717) is 6.04 Å². The third-order valence-electron chi connectivity index (χ3n) is 3.37. The Labute approximate surface area is 120 Å². The van der Waals surface area contributed by atoms with Gasteiger partial charge in [0.15, 0.2) is 0 Å². The van der Waals surface area contributed by atoms with E-state index in [1.165, 1.54) is 34.0 Å². The molecule has 0 bridgehead atoms. The molecule has 0 aliphatic rings. The highest BCUT2D eigenvalue weighted by molar-refractivity contribution is 14.1. The molecule has 0 saturated carbocycles. The minimum Gasteiger partial charge on any atom is -0.313 e. The van der Waals surface area contributed by atoms with Gasteiger partial charge in [-0.25, -0.2) is 0 Å². The van der Waals surface area contributed by atoms with E-state index >= 15 is 0 Å². The average Bonchev–Trinajstić information content (AvgIpc) is 2.30. The summed E-state index contributed by atoms with van der Waals surface area (Å²) in [6, 6.07) is 7.10. The average molecular weight is 345 g/mol. The lowest BCUT2D eigenvalue weighted by Gasteiger charge is -2.22. The predicted octanol–water partition coefficient (Wildman–Crippen LogP) is 4.69. The van der Waals surface area contributed by atoms with E-state index in [1.807, 2.05) is 0 Å². The van der Waals surface area contributed by atoms with E-state index in [-0.39, 0.29) is 0 Å². The minimum absolute atomic E-state index is 0.489. The van der Waals surface area contributed by atoms with Gasteiger partial charge in [-0.3, -0.25) is 0 Å². The molecule has 0 aliphatic heterocycles. The standard InChI is InChI=1S/C15H24IN/c1-5-7-11(2)10-14(17-4)13-9-6-8-12(3)15(13)16/h6,8-9,11,14,17H,5,7,10H2,1-4H3. The fraction of sp³-hybridized carbons (Fsp3) is 0.600. The minimum atomic E-state index is 0.489. The molecule has 0 radical (unpaired) electrons. The number of hydrogen-bond donors (Lipinski definition) is 1. The van der Waals surface area contributed by atoms with E-state index in [4.69, 9.17) is 0 Å². The third kappa shape index (κ3) is 4.25. The molecular weight excluding hydrogens is 321 g/mol. The van der Waals surface area contributed by atoms with E-state index in [9.17, 15) is 0 Å². The summed E-state index contributed by atoms with van der Waals surface area (Å²) in [6.45, 7) is 6.81. The summed E-state index contributed by atoms with van der Waals surface area (Å²) in [5.41, 5.74) is 2.84. The maximum Gasteiger partial charge on any atom is 0.0330 e. The Morgan fingerprint density at radius 2 is 2.06 bits per heavy atom. The molecule has 1 aromatic carbocycles. The Morgan fingerprint density at radius 1 is 1.35 bits per heavy atom. The second-order valence-electron chi connectivity index (χ2n) is 4.95. The van der Waals surface area contributed by atoms with Gasteiger partial charge >= 0.3 is 0 Å². The third-order valence-corrected chi connectivity index (χ3v) is 4.84. The smallest absolute Gasteiger partial charge is 0.0330 e. The van der Waals surface area contributed by atoms with Crippen molar-refractivity contribution in [2.45, 2.75) is 46.1 Å². The van der Waals surface area contributed by atoms with Crippen molar-refractivity contribution >= 4 is 22.6 Å². The zero-order valence-corrected chi connectivity index (χ0v) is 13.5. The Kier molecular flexibility index (Phi) is 6.49. The van der Waals surface area contributed by atoms with Crippen LogP contribution in [-0.2, 0) is 0 Å². The van der Waals surface area contributed by atoms with E-state index < -0.39 is 0 Å². The number of benzene rings is 1. The molecule has 1 aromatic rings. The molecule has 0 fully saturated rings. The lowest BCUT2D eigenvalue weighted by molar-refractivity contribution is 0.406. The fourth-order valence-corrected chi connectivity index (χ4v) is 3.09. The second kappa shape index (κ2) is 7.37. The summed E-state index contributed by atoms with van der Waals surface area (Å²) in [5.74, 6) is 0.786. The molecule has 96 valence electrons. The van der Waals surface area contributed by atoms with Crippen molar-refractivity contribution in [3.8, 4) is 0 Å². The molecule has 0 spiro atoms. The van der Waals surface area contributed by atoms with Gasteiger partial charge in [0.25, 0.3) is 0 Å². The zero-order chi connectivity index (χ0) is 12.8. The molecule has 1 nitrogen and oxygen atoms in total. The van der Waals surface area contributed by atoms with Gasteiger partial charge in [0.05, 0.1) is 0 Å². The van der Waals surface area contributed by atoms with Crippen molar-refractivity contribution < 1.29 is 0 Å². The number of halogens is 1. The van der Waals surface area contributed by atoms with Crippen LogP contribution in [0.1, 0.15) is 50.3 Å². The molecule has 2 heteroatoms. The van der Waals surface area contributed by atoms with Crippen molar-refractivity contribution in [3.63, 3.8) is 0 Å². The Balaban J connectivity index is 2.82. The van der Waals surface area contributed by atoms with Crippen LogP contribution in [0, 0.1) is 16.4 Å². The van der Waals surface area contributed by atoms with Gasteiger partial charge in [-0.05, 0) is 60.0 Å². The van der Waals surface area contributed by atoms with Crippen LogP contribution < -0.4 is 5.32 Å².